The van der Waals surface area contributed by atoms with Gasteiger partial charge >= 0.3 is 0 Å². The van der Waals surface area contributed by atoms with Crippen LogP contribution in [0.25, 0.3) is 0 Å². The fraction of sp³-hybridized carbons (Fsp3) is 0.591. The van der Waals surface area contributed by atoms with Crippen molar-refractivity contribution in [3.63, 3.8) is 0 Å². The summed E-state index contributed by atoms with van der Waals surface area (Å²) in [6.45, 7) is 18.4. The molecule has 148 valence electrons. The molecule has 1 N–H and O–H groups in total. The molecule has 0 aliphatic rings. The number of aromatic amines is 1. The maximum absolute atomic E-state index is 11.5. The molecule has 26 heavy (non-hydrogen) atoms. The summed E-state index contributed by atoms with van der Waals surface area (Å²) in [6, 6.07) is 0. The second kappa shape index (κ2) is 9.65. The van der Waals surface area contributed by atoms with Gasteiger partial charge in [0.15, 0.2) is 5.78 Å². The minimum absolute atomic E-state index is 0. The highest BCUT2D eigenvalue weighted by molar-refractivity contribution is 5.97. The van der Waals surface area contributed by atoms with Gasteiger partial charge in [-0.2, -0.15) is 0 Å². The standard InChI is InChI=1S/C12H19NO.C8H12N2.2CH4/c1-7-8(2)13-11(12(4,5)6)10(7)9(3)14;1-8(2,3)7-6-9-4-5-10-7;;/h13H,1-6H3;4-6H,1-3H3;2*1H4. The first-order valence-electron chi connectivity index (χ1n) is 8.32. The van der Waals surface area contributed by atoms with Gasteiger partial charge in [-0.25, -0.2) is 0 Å². The highest BCUT2D eigenvalue weighted by Gasteiger charge is 2.24. The molecule has 0 aromatic carbocycles. The van der Waals surface area contributed by atoms with Crippen molar-refractivity contribution in [3.8, 4) is 0 Å². The average molecular weight is 362 g/mol. The summed E-state index contributed by atoms with van der Waals surface area (Å²) >= 11 is 0. The van der Waals surface area contributed by atoms with Crippen molar-refractivity contribution in [2.45, 2.75) is 88.0 Å². The number of rotatable bonds is 1. The number of carbonyl (C=O) groups is 1. The number of carbonyl (C=O) groups excluding carboxylic acids is 1. The van der Waals surface area contributed by atoms with Crippen LogP contribution in [0.3, 0.4) is 0 Å². The monoisotopic (exact) mass is 361 g/mol. The SMILES string of the molecule is C.C.CC(=O)c1c(C(C)(C)C)[nH]c(C)c1C.CC(C)(C)c1cnccn1. The van der Waals surface area contributed by atoms with E-state index in [1.54, 1.807) is 25.5 Å². The van der Waals surface area contributed by atoms with Crippen LogP contribution in [0.2, 0.25) is 0 Å². The number of aromatic nitrogens is 3. The van der Waals surface area contributed by atoms with E-state index in [2.05, 4.69) is 56.5 Å². The Balaban J connectivity index is 0. The number of ketones is 1. The zero-order valence-electron chi connectivity index (χ0n) is 16.5. The molecule has 0 atom stereocenters. The molecule has 0 spiro atoms. The van der Waals surface area contributed by atoms with Gasteiger partial charge in [0.1, 0.15) is 0 Å². The minimum atomic E-state index is 0. The number of hydrogen-bond acceptors (Lipinski definition) is 3. The van der Waals surface area contributed by atoms with Crippen LogP contribution in [-0.4, -0.2) is 20.7 Å². The molecule has 2 rings (SSSR count). The third kappa shape index (κ3) is 6.74. The van der Waals surface area contributed by atoms with Gasteiger partial charge in [0, 0.05) is 46.4 Å². The lowest BCUT2D eigenvalue weighted by Crippen LogP contribution is -2.16. The van der Waals surface area contributed by atoms with Crippen LogP contribution in [0.15, 0.2) is 18.6 Å². The molecule has 0 aliphatic heterocycles. The third-order valence-corrected chi connectivity index (χ3v) is 3.93. The lowest BCUT2D eigenvalue weighted by Gasteiger charge is -2.18. The molecular formula is C22H39N3O. The van der Waals surface area contributed by atoms with E-state index in [0.717, 1.165) is 28.2 Å². The smallest absolute Gasteiger partial charge is 0.161 e. The lowest BCUT2D eigenvalue weighted by atomic mass is 9.87. The minimum Gasteiger partial charge on any atom is -0.361 e. The van der Waals surface area contributed by atoms with Crippen LogP contribution in [0.1, 0.15) is 96.3 Å². The summed E-state index contributed by atoms with van der Waals surface area (Å²) < 4.78 is 0. The maximum atomic E-state index is 11.5. The predicted octanol–water partition coefficient (Wildman–Crippen LogP) is 6.18. The number of Topliss-reactive ketones (excluding diaryl/α,β-unsaturated/α-hetero) is 1. The Labute approximate surface area is 160 Å². The van der Waals surface area contributed by atoms with Gasteiger partial charge < -0.3 is 4.98 Å². The summed E-state index contributed by atoms with van der Waals surface area (Å²) in [5, 5.41) is 0. The van der Waals surface area contributed by atoms with Gasteiger partial charge in [-0.1, -0.05) is 56.4 Å². The number of H-pyrrole nitrogens is 1. The summed E-state index contributed by atoms with van der Waals surface area (Å²) in [6.07, 6.45) is 5.22. The van der Waals surface area contributed by atoms with Gasteiger partial charge in [-0.15, -0.1) is 0 Å². The van der Waals surface area contributed by atoms with E-state index in [4.69, 9.17) is 0 Å². The van der Waals surface area contributed by atoms with E-state index < -0.39 is 0 Å². The molecule has 0 aliphatic carbocycles. The van der Waals surface area contributed by atoms with Gasteiger partial charge in [0.05, 0.1) is 5.69 Å². The largest absolute Gasteiger partial charge is 0.361 e. The third-order valence-electron chi connectivity index (χ3n) is 3.93. The van der Waals surface area contributed by atoms with Gasteiger partial charge in [0.2, 0.25) is 0 Å². The van der Waals surface area contributed by atoms with Gasteiger partial charge in [-0.3, -0.25) is 14.8 Å². The van der Waals surface area contributed by atoms with E-state index in [1.807, 2.05) is 13.8 Å². The maximum Gasteiger partial charge on any atom is 0.161 e. The van der Waals surface area contributed by atoms with E-state index in [1.165, 1.54) is 0 Å². The lowest BCUT2D eigenvalue weighted by molar-refractivity contribution is 0.101. The molecule has 0 amide bonds. The second-order valence-electron chi connectivity index (χ2n) is 8.27. The Morgan fingerprint density at radius 2 is 1.50 bits per heavy atom. The fourth-order valence-electron chi connectivity index (χ4n) is 2.41. The molecule has 0 radical (unpaired) electrons. The molecule has 2 heterocycles. The number of nitrogens with one attached hydrogen (secondary N) is 1. The number of aryl methyl sites for hydroxylation is 1. The van der Waals surface area contributed by atoms with Crippen molar-refractivity contribution in [3.05, 3.63) is 46.8 Å². The van der Waals surface area contributed by atoms with Crippen molar-refractivity contribution in [1.82, 2.24) is 15.0 Å². The molecule has 2 aromatic rings. The fourth-order valence-corrected chi connectivity index (χ4v) is 2.41. The Morgan fingerprint density at radius 1 is 0.962 bits per heavy atom. The summed E-state index contributed by atoms with van der Waals surface area (Å²) in [5.74, 6) is 0.150. The van der Waals surface area contributed by atoms with E-state index in [-0.39, 0.29) is 31.5 Å². The molecule has 0 bridgehead atoms. The second-order valence-corrected chi connectivity index (χ2v) is 8.27. The van der Waals surface area contributed by atoms with Crippen LogP contribution >= 0.6 is 0 Å². The van der Waals surface area contributed by atoms with Crippen molar-refractivity contribution in [2.24, 2.45) is 0 Å². The van der Waals surface area contributed by atoms with Crippen LogP contribution in [-0.2, 0) is 10.8 Å². The summed E-state index contributed by atoms with van der Waals surface area (Å²) in [5.41, 5.74) is 5.27. The molecule has 4 nitrogen and oxygen atoms in total. The van der Waals surface area contributed by atoms with Crippen molar-refractivity contribution < 1.29 is 4.79 Å². The van der Waals surface area contributed by atoms with Crippen LogP contribution in [0, 0.1) is 13.8 Å². The predicted molar refractivity (Wildman–Crippen MR) is 113 cm³/mol. The average Bonchev–Trinajstić information content (AvgIpc) is 2.76. The molecule has 0 fully saturated rings. The molecule has 0 saturated heterocycles. The first-order valence-corrected chi connectivity index (χ1v) is 8.32. The number of hydrogen-bond donors (Lipinski definition) is 1. The van der Waals surface area contributed by atoms with E-state index in [0.29, 0.717) is 0 Å². The van der Waals surface area contributed by atoms with E-state index in [9.17, 15) is 4.79 Å². The Bertz CT molecular complexity index is 687. The molecular weight excluding hydrogens is 322 g/mol. The van der Waals surface area contributed by atoms with Crippen molar-refractivity contribution >= 4 is 5.78 Å². The molecule has 0 unspecified atom stereocenters. The topological polar surface area (TPSA) is 58.6 Å². The molecule has 0 saturated carbocycles. The van der Waals surface area contributed by atoms with E-state index >= 15 is 0 Å². The Kier molecular flexibility index (Phi) is 9.75. The first kappa shape index (κ1) is 26.3. The Morgan fingerprint density at radius 3 is 1.77 bits per heavy atom. The normalized spacial score (nSPS) is 10.8. The molecule has 2 aromatic heterocycles. The highest BCUT2D eigenvalue weighted by atomic mass is 16.1. The van der Waals surface area contributed by atoms with Crippen molar-refractivity contribution in [1.29, 1.82) is 0 Å². The van der Waals surface area contributed by atoms with Crippen LogP contribution in [0.4, 0.5) is 0 Å². The highest BCUT2D eigenvalue weighted by Crippen LogP contribution is 2.29. The Hall–Kier alpha value is -1.97. The van der Waals surface area contributed by atoms with Crippen molar-refractivity contribution in [2.75, 3.05) is 0 Å². The van der Waals surface area contributed by atoms with Crippen LogP contribution < -0.4 is 0 Å². The number of nitrogens with zero attached hydrogens (tertiary/aromatic N) is 2. The molecule has 4 heteroatoms. The zero-order chi connectivity index (χ0) is 18.7. The quantitative estimate of drug-likeness (QED) is 0.617. The summed E-state index contributed by atoms with van der Waals surface area (Å²) in [4.78, 5) is 23.0. The van der Waals surface area contributed by atoms with Crippen LogP contribution in [0.5, 0.6) is 0 Å². The summed E-state index contributed by atoms with van der Waals surface area (Å²) in [7, 11) is 0. The van der Waals surface area contributed by atoms with Gasteiger partial charge in [0.25, 0.3) is 0 Å². The first-order chi connectivity index (χ1) is 10.9. The van der Waals surface area contributed by atoms with Gasteiger partial charge in [-0.05, 0) is 26.3 Å². The zero-order valence-corrected chi connectivity index (χ0v) is 16.5.